The Morgan fingerprint density at radius 3 is 2.17 bits per heavy atom. The maximum atomic E-state index is 11.7. The van der Waals surface area contributed by atoms with E-state index in [9.17, 15) is 4.91 Å². The highest BCUT2D eigenvalue weighted by Gasteiger charge is 2.21. The molecule has 0 bridgehead atoms. The predicted molar refractivity (Wildman–Crippen MR) is 121 cm³/mol. The highest BCUT2D eigenvalue weighted by molar-refractivity contribution is 5.76. The Bertz CT molecular complexity index is 1050. The van der Waals surface area contributed by atoms with Crippen LogP contribution in [0.4, 0.5) is 11.4 Å². The fourth-order valence-corrected chi connectivity index (χ4v) is 3.62. The van der Waals surface area contributed by atoms with Crippen molar-refractivity contribution in [3.05, 3.63) is 118 Å². The number of anilines is 2. The third-order valence-electron chi connectivity index (χ3n) is 5.19. The van der Waals surface area contributed by atoms with Crippen molar-refractivity contribution in [3.63, 3.8) is 0 Å². The van der Waals surface area contributed by atoms with Gasteiger partial charge in [0.15, 0.2) is 0 Å². The van der Waals surface area contributed by atoms with Crippen LogP contribution in [-0.2, 0) is 0 Å². The molecule has 3 aromatic carbocycles. The minimum absolute atomic E-state index is 0.00146. The molecule has 0 saturated carbocycles. The highest BCUT2D eigenvalue weighted by Crippen LogP contribution is 2.35. The van der Waals surface area contributed by atoms with Crippen LogP contribution in [-0.4, -0.2) is 14.1 Å². The molecule has 4 heteroatoms. The van der Waals surface area contributed by atoms with Gasteiger partial charge >= 0.3 is 0 Å². The van der Waals surface area contributed by atoms with Crippen LogP contribution >= 0.6 is 0 Å². The van der Waals surface area contributed by atoms with Crippen LogP contribution in [0.25, 0.3) is 6.08 Å². The van der Waals surface area contributed by atoms with Crippen LogP contribution in [0.3, 0.4) is 0 Å². The van der Waals surface area contributed by atoms with E-state index in [1.807, 2.05) is 68.7 Å². The molecule has 0 radical (unpaired) electrons. The zero-order valence-electron chi connectivity index (χ0n) is 16.6. The van der Waals surface area contributed by atoms with Gasteiger partial charge in [-0.25, -0.2) is 0 Å². The highest BCUT2D eigenvalue weighted by atomic mass is 16.3. The normalized spacial score (nSPS) is 15.1. The van der Waals surface area contributed by atoms with Gasteiger partial charge in [0.25, 0.3) is 0 Å². The van der Waals surface area contributed by atoms with Crippen LogP contribution in [0.5, 0.6) is 0 Å². The molecule has 0 saturated heterocycles. The fraction of sp³-hybridized carbons (Fsp3) is 0.120. The largest absolute Gasteiger partial charge is 0.378 e. The van der Waals surface area contributed by atoms with E-state index in [1.165, 1.54) is 5.01 Å². The summed E-state index contributed by atoms with van der Waals surface area (Å²) in [5, 5.41) is 4.78. The molecule has 0 N–H and O–H groups in total. The number of nitroso groups, excluding NO2 is 1. The van der Waals surface area contributed by atoms with E-state index in [-0.39, 0.29) is 5.92 Å². The van der Waals surface area contributed by atoms with Crippen molar-refractivity contribution in [2.45, 2.75) is 5.92 Å². The summed E-state index contributed by atoms with van der Waals surface area (Å²) in [6, 6.07) is 26.6. The second-order valence-electron chi connectivity index (χ2n) is 7.25. The van der Waals surface area contributed by atoms with Crippen LogP contribution in [0.15, 0.2) is 102 Å². The Hall–Kier alpha value is -3.66. The first kappa shape index (κ1) is 18.7. The molecule has 0 amide bonds. The maximum Gasteiger partial charge on any atom is 0.0757 e. The summed E-state index contributed by atoms with van der Waals surface area (Å²) in [6.07, 6.45) is 6.09. The molecule has 0 aromatic heterocycles. The molecule has 4 rings (SSSR count). The number of para-hydroxylation sites is 1. The summed E-state index contributed by atoms with van der Waals surface area (Å²) in [5.74, 6) is 0.00146. The van der Waals surface area contributed by atoms with Gasteiger partial charge in [-0.2, -0.15) is 5.01 Å². The van der Waals surface area contributed by atoms with Gasteiger partial charge in [-0.1, -0.05) is 66.7 Å². The quantitative estimate of drug-likeness (QED) is 0.510. The van der Waals surface area contributed by atoms with E-state index < -0.39 is 0 Å². The van der Waals surface area contributed by atoms with Crippen molar-refractivity contribution in [3.8, 4) is 0 Å². The van der Waals surface area contributed by atoms with Crippen molar-refractivity contribution in [2.75, 3.05) is 24.0 Å². The Morgan fingerprint density at radius 1 is 0.828 bits per heavy atom. The van der Waals surface area contributed by atoms with Crippen molar-refractivity contribution in [2.24, 2.45) is 5.29 Å². The average molecular weight is 381 g/mol. The van der Waals surface area contributed by atoms with E-state index in [0.29, 0.717) is 0 Å². The van der Waals surface area contributed by atoms with E-state index in [0.717, 1.165) is 33.8 Å². The second kappa shape index (κ2) is 8.15. The molecule has 0 spiro atoms. The summed E-state index contributed by atoms with van der Waals surface area (Å²) in [5.41, 5.74) is 6.02. The Kier molecular flexibility index (Phi) is 5.25. The lowest BCUT2D eigenvalue weighted by Crippen LogP contribution is -2.18. The first-order valence-corrected chi connectivity index (χ1v) is 9.62. The monoisotopic (exact) mass is 381 g/mol. The van der Waals surface area contributed by atoms with Crippen molar-refractivity contribution in [1.82, 2.24) is 0 Å². The molecule has 29 heavy (non-hydrogen) atoms. The summed E-state index contributed by atoms with van der Waals surface area (Å²) < 4.78 is 0. The molecule has 1 aliphatic rings. The molecule has 0 fully saturated rings. The average Bonchev–Trinajstić information content (AvgIpc) is 2.77. The molecular formula is C25H23N3O. The number of fused-ring (bicyclic) bond motifs is 1. The summed E-state index contributed by atoms with van der Waals surface area (Å²) in [6.45, 7) is 0. The van der Waals surface area contributed by atoms with Crippen LogP contribution in [0.2, 0.25) is 0 Å². The molecule has 4 nitrogen and oxygen atoms in total. The molecular weight excluding hydrogens is 358 g/mol. The van der Waals surface area contributed by atoms with Gasteiger partial charge in [0, 0.05) is 31.3 Å². The summed E-state index contributed by atoms with van der Waals surface area (Å²) in [7, 11) is 4.06. The van der Waals surface area contributed by atoms with Crippen LogP contribution in [0, 0.1) is 4.91 Å². The molecule has 144 valence electrons. The number of hydrogen-bond acceptors (Lipinski definition) is 3. The van der Waals surface area contributed by atoms with E-state index in [4.69, 9.17) is 0 Å². The number of hydrogen-bond donors (Lipinski definition) is 0. The zero-order valence-corrected chi connectivity index (χ0v) is 16.6. The van der Waals surface area contributed by atoms with Crippen molar-refractivity contribution >= 4 is 17.5 Å². The lowest BCUT2D eigenvalue weighted by molar-refractivity contribution is 0.952. The predicted octanol–water partition coefficient (Wildman–Crippen LogP) is 5.98. The van der Waals surface area contributed by atoms with Crippen molar-refractivity contribution < 1.29 is 0 Å². The van der Waals surface area contributed by atoms with E-state index >= 15 is 0 Å². The minimum Gasteiger partial charge on any atom is -0.378 e. The Balaban J connectivity index is 1.79. The van der Waals surface area contributed by atoms with Crippen LogP contribution in [0.1, 0.15) is 22.6 Å². The minimum atomic E-state index is 0.00146. The third-order valence-corrected chi connectivity index (χ3v) is 5.19. The lowest BCUT2D eigenvalue weighted by atomic mass is 9.89. The van der Waals surface area contributed by atoms with Gasteiger partial charge in [-0.05, 0) is 41.5 Å². The standard InChI is InChI=1S/C25H23N3O/c1-27(2)22-15-12-20(13-16-22)24(19-8-4-3-5-9-19)18-23-17-14-21-10-6-7-11-25(21)28(23)26-29/h3-18,24H,1-2H3/b23-18+/t24-/m0/s1. The van der Waals surface area contributed by atoms with Gasteiger partial charge in [0.2, 0.25) is 0 Å². The molecule has 1 heterocycles. The number of benzene rings is 3. The van der Waals surface area contributed by atoms with E-state index in [2.05, 4.69) is 52.7 Å². The molecule has 0 unspecified atom stereocenters. The van der Waals surface area contributed by atoms with Crippen LogP contribution < -0.4 is 9.91 Å². The van der Waals surface area contributed by atoms with Gasteiger partial charge in [-0.15, -0.1) is 4.91 Å². The molecule has 1 aliphatic heterocycles. The van der Waals surface area contributed by atoms with Gasteiger partial charge in [-0.3, -0.25) is 0 Å². The first-order chi connectivity index (χ1) is 14.2. The molecule has 0 aliphatic carbocycles. The number of allylic oxidation sites excluding steroid dienone is 2. The Labute approximate surface area is 171 Å². The Morgan fingerprint density at radius 2 is 1.48 bits per heavy atom. The van der Waals surface area contributed by atoms with Crippen molar-refractivity contribution in [1.29, 1.82) is 0 Å². The first-order valence-electron chi connectivity index (χ1n) is 9.62. The maximum absolute atomic E-state index is 11.7. The SMILES string of the molecule is CN(C)c1ccc([C@@H](/C=C2\C=Cc3ccccc3N2N=O)c2ccccc2)cc1. The summed E-state index contributed by atoms with van der Waals surface area (Å²) in [4.78, 5) is 13.8. The summed E-state index contributed by atoms with van der Waals surface area (Å²) >= 11 is 0. The topological polar surface area (TPSA) is 35.9 Å². The smallest absolute Gasteiger partial charge is 0.0757 e. The molecule has 1 atom stereocenters. The number of nitrogens with zero attached hydrogens (tertiary/aromatic N) is 3. The van der Waals surface area contributed by atoms with E-state index in [1.54, 1.807) is 0 Å². The van der Waals surface area contributed by atoms with Gasteiger partial charge in [0.05, 0.1) is 16.7 Å². The van der Waals surface area contributed by atoms with Gasteiger partial charge < -0.3 is 4.90 Å². The molecule has 3 aromatic rings. The number of rotatable bonds is 5. The third kappa shape index (κ3) is 3.83. The lowest BCUT2D eigenvalue weighted by Gasteiger charge is -2.25. The zero-order chi connectivity index (χ0) is 20.2. The fourth-order valence-electron chi connectivity index (χ4n) is 3.62. The van der Waals surface area contributed by atoms with Gasteiger partial charge in [0.1, 0.15) is 0 Å². The second-order valence-corrected chi connectivity index (χ2v) is 7.25.